The number of nitrogens with one attached hydrogen (secondary N) is 1. The highest BCUT2D eigenvalue weighted by Crippen LogP contribution is 2.30. The van der Waals surface area contributed by atoms with Crippen molar-refractivity contribution in [3.05, 3.63) is 17.8 Å². The number of nitrogen functional groups attached to an aromatic ring is 1. The third-order valence-electron chi connectivity index (χ3n) is 3.65. The van der Waals surface area contributed by atoms with Gasteiger partial charge in [-0.15, -0.1) is 0 Å². The minimum absolute atomic E-state index is 0.278. The first-order valence-electron chi connectivity index (χ1n) is 6.80. The van der Waals surface area contributed by atoms with Gasteiger partial charge in [-0.2, -0.15) is 11.8 Å². The minimum Gasteiger partial charge on any atom is -0.464 e. The van der Waals surface area contributed by atoms with Crippen LogP contribution in [0.1, 0.15) is 36.2 Å². The summed E-state index contributed by atoms with van der Waals surface area (Å²) in [6, 6.07) is 3.62. The van der Waals surface area contributed by atoms with Gasteiger partial charge in [0.15, 0.2) is 5.69 Å². The maximum Gasteiger partial charge on any atom is 0.356 e. The highest BCUT2D eigenvalue weighted by atomic mass is 32.2. The molecule has 110 valence electrons. The predicted octanol–water partition coefficient (Wildman–Crippen LogP) is 2.54. The lowest BCUT2D eigenvalue weighted by Gasteiger charge is -2.31. The normalized spacial score (nSPS) is 22.3. The number of rotatable bonds is 4. The lowest BCUT2D eigenvalue weighted by atomic mass is 9.95. The van der Waals surface area contributed by atoms with E-state index < -0.39 is 5.97 Å². The van der Waals surface area contributed by atoms with Gasteiger partial charge in [-0.1, -0.05) is 12.8 Å². The van der Waals surface area contributed by atoms with Crippen LogP contribution in [0.4, 0.5) is 11.5 Å². The van der Waals surface area contributed by atoms with Crippen molar-refractivity contribution in [2.45, 2.75) is 37.0 Å². The summed E-state index contributed by atoms with van der Waals surface area (Å²) < 4.78 is 4.69. The minimum atomic E-state index is -0.446. The first-order chi connectivity index (χ1) is 9.65. The lowest BCUT2D eigenvalue weighted by molar-refractivity contribution is 0.0594. The number of methoxy groups -OCH3 is 1. The van der Waals surface area contributed by atoms with Crippen LogP contribution in [0.2, 0.25) is 0 Å². The summed E-state index contributed by atoms with van der Waals surface area (Å²) >= 11 is 1.87. The standard InChI is InChI=1S/C14H21N3O2S/c1-19-14(18)11-8-7-9(15)13(17-11)16-10-5-3-4-6-12(10)20-2/h7-8,10,12H,3-6,15H2,1-2H3,(H,16,17). The van der Waals surface area contributed by atoms with Gasteiger partial charge >= 0.3 is 5.97 Å². The molecule has 1 aliphatic carbocycles. The number of ether oxygens (including phenoxy) is 1. The number of pyridine rings is 1. The molecule has 1 aromatic heterocycles. The second-order valence-electron chi connectivity index (χ2n) is 4.94. The Bertz CT molecular complexity index is 481. The number of nitrogens with zero attached hydrogens (tertiary/aromatic N) is 1. The average molecular weight is 295 g/mol. The van der Waals surface area contributed by atoms with Crippen molar-refractivity contribution in [2.24, 2.45) is 0 Å². The lowest BCUT2D eigenvalue weighted by Crippen LogP contribution is -2.35. The van der Waals surface area contributed by atoms with Gasteiger partial charge in [-0.05, 0) is 31.2 Å². The Morgan fingerprint density at radius 1 is 1.45 bits per heavy atom. The fourth-order valence-corrected chi connectivity index (χ4v) is 3.46. The number of nitrogens with two attached hydrogens (primary N) is 1. The maximum atomic E-state index is 11.5. The monoisotopic (exact) mass is 295 g/mol. The van der Waals surface area contributed by atoms with Crippen LogP contribution in [-0.2, 0) is 4.74 Å². The van der Waals surface area contributed by atoms with Crippen LogP contribution in [0.15, 0.2) is 12.1 Å². The van der Waals surface area contributed by atoms with E-state index in [1.54, 1.807) is 12.1 Å². The van der Waals surface area contributed by atoms with Crippen molar-refractivity contribution in [1.29, 1.82) is 0 Å². The van der Waals surface area contributed by atoms with E-state index in [1.807, 2.05) is 11.8 Å². The molecule has 2 rings (SSSR count). The largest absolute Gasteiger partial charge is 0.464 e. The third kappa shape index (κ3) is 3.36. The molecular formula is C14H21N3O2S. The number of hydrogen-bond acceptors (Lipinski definition) is 6. The van der Waals surface area contributed by atoms with Gasteiger partial charge in [0.25, 0.3) is 0 Å². The molecule has 0 amide bonds. The first kappa shape index (κ1) is 15.0. The number of carbonyl (C=O) groups is 1. The van der Waals surface area contributed by atoms with Crippen molar-refractivity contribution in [1.82, 2.24) is 4.98 Å². The Labute approximate surface area is 123 Å². The van der Waals surface area contributed by atoms with Crippen LogP contribution in [0.5, 0.6) is 0 Å². The molecule has 6 heteroatoms. The summed E-state index contributed by atoms with van der Waals surface area (Å²) in [5, 5.41) is 3.97. The van der Waals surface area contributed by atoms with E-state index in [2.05, 4.69) is 21.3 Å². The fourth-order valence-electron chi connectivity index (χ4n) is 2.52. The summed E-state index contributed by atoms with van der Waals surface area (Å²) in [5.41, 5.74) is 6.79. The molecule has 1 fully saturated rings. The molecule has 3 N–H and O–H groups in total. The van der Waals surface area contributed by atoms with Crippen LogP contribution < -0.4 is 11.1 Å². The van der Waals surface area contributed by atoms with E-state index in [-0.39, 0.29) is 5.69 Å². The molecule has 1 aromatic rings. The molecule has 0 aliphatic heterocycles. The van der Waals surface area contributed by atoms with E-state index >= 15 is 0 Å². The number of carbonyl (C=O) groups excluding carboxylic acids is 1. The highest BCUT2D eigenvalue weighted by Gasteiger charge is 2.25. The van der Waals surface area contributed by atoms with Gasteiger partial charge < -0.3 is 15.8 Å². The van der Waals surface area contributed by atoms with Crippen LogP contribution in [-0.4, -0.2) is 35.6 Å². The van der Waals surface area contributed by atoms with Crippen molar-refractivity contribution >= 4 is 29.2 Å². The van der Waals surface area contributed by atoms with Crippen molar-refractivity contribution in [2.75, 3.05) is 24.4 Å². The molecule has 0 spiro atoms. The summed E-state index contributed by atoms with van der Waals surface area (Å²) in [6.45, 7) is 0. The summed E-state index contributed by atoms with van der Waals surface area (Å²) in [5.74, 6) is 0.136. The first-order valence-corrected chi connectivity index (χ1v) is 8.08. The molecule has 1 heterocycles. The Morgan fingerprint density at radius 2 is 2.20 bits per heavy atom. The highest BCUT2D eigenvalue weighted by molar-refractivity contribution is 7.99. The number of anilines is 2. The molecule has 1 aliphatic rings. The van der Waals surface area contributed by atoms with Gasteiger partial charge in [-0.25, -0.2) is 9.78 Å². The molecule has 0 saturated heterocycles. The molecule has 1 saturated carbocycles. The SMILES string of the molecule is COC(=O)c1ccc(N)c(NC2CCCCC2SC)n1. The Hall–Kier alpha value is -1.43. The van der Waals surface area contributed by atoms with Crippen molar-refractivity contribution in [3.8, 4) is 0 Å². The van der Waals surface area contributed by atoms with Crippen LogP contribution in [0.25, 0.3) is 0 Å². The second-order valence-corrected chi connectivity index (χ2v) is 6.01. The number of aromatic nitrogens is 1. The third-order valence-corrected chi connectivity index (χ3v) is 4.82. The zero-order chi connectivity index (χ0) is 14.5. The van der Waals surface area contributed by atoms with Gasteiger partial charge in [0.1, 0.15) is 5.82 Å². The average Bonchev–Trinajstić information content (AvgIpc) is 2.49. The molecular weight excluding hydrogens is 274 g/mol. The van der Waals surface area contributed by atoms with Crippen LogP contribution >= 0.6 is 11.8 Å². The van der Waals surface area contributed by atoms with Crippen LogP contribution in [0, 0.1) is 0 Å². The fraction of sp³-hybridized carbons (Fsp3) is 0.571. The zero-order valence-electron chi connectivity index (χ0n) is 11.9. The Balaban J connectivity index is 2.17. The van der Waals surface area contributed by atoms with E-state index in [0.29, 0.717) is 22.8 Å². The molecule has 2 unspecified atom stereocenters. The molecule has 0 bridgehead atoms. The molecule has 2 atom stereocenters. The zero-order valence-corrected chi connectivity index (χ0v) is 12.7. The molecule has 20 heavy (non-hydrogen) atoms. The number of thioether (sulfide) groups is 1. The van der Waals surface area contributed by atoms with Gasteiger partial charge in [0.05, 0.1) is 12.8 Å². The summed E-state index contributed by atoms with van der Waals surface area (Å²) in [4.78, 5) is 15.8. The van der Waals surface area contributed by atoms with E-state index in [0.717, 1.165) is 6.42 Å². The topological polar surface area (TPSA) is 77.2 Å². The van der Waals surface area contributed by atoms with Crippen molar-refractivity contribution < 1.29 is 9.53 Å². The predicted molar refractivity (Wildman–Crippen MR) is 83.2 cm³/mol. The molecule has 5 nitrogen and oxygen atoms in total. The Kier molecular flexibility index (Phi) is 5.11. The second kappa shape index (κ2) is 6.83. The maximum absolute atomic E-state index is 11.5. The van der Waals surface area contributed by atoms with E-state index in [9.17, 15) is 4.79 Å². The number of esters is 1. The Morgan fingerprint density at radius 3 is 2.90 bits per heavy atom. The number of hydrogen-bond donors (Lipinski definition) is 2. The van der Waals surface area contributed by atoms with Gasteiger partial charge in [-0.3, -0.25) is 0 Å². The molecule has 0 aromatic carbocycles. The van der Waals surface area contributed by atoms with Crippen LogP contribution in [0.3, 0.4) is 0 Å². The van der Waals surface area contributed by atoms with Crippen molar-refractivity contribution in [3.63, 3.8) is 0 Å². The van der Waals surface area contributed by atoms with E-state index in [1.165, 1.54) is 26.4 Å². The molecule has 0 radical (unpaired) electrons. The quantitative estimate of drug-likeness (QED) is 0.831. The van der Waals surface area contributed by atoms with E-state index in [4.69, 9.17) is 5.73 Å². The smallest absolute Gasteiger partial charge is 0.356 e. The van der Waals surface area contributed by atoms with Gasteiger partial charge in [0, 0.05) is 11.3 Å². The summed E-state index contributed by atoms with van der Waals surface area (Å²) in [6.07, 6.45) is 6.93. The summed E-state index contributed by atoms with van der Waals surface area (Å²) in [7, 11) is 1.35. The van der Waals surface area contributed by atoms with Gasteiger partial charge in [0.2, 0.25) is 0 Å².